The van der Waals surface area contributed by atoms with Gasteiger partial charge in [-0.1, -0.05) is 36.4 Å². The third-order valence-electron chi connectivity index (χ3n) is 3.34. The summed E-state index contributed by atoms with van der Waals surface area (Å²) in [5, 5.41) is 3.12. The van der Waals surface area contributed by atoms with Crippen molar-refractivity contribution in [1.29, 1.82) is 0 Å². The summed E-state index contributed by atoms with van der Waals surface area (Å²) in [7, 11) is 1.91. The van der Waals surface area contributed by atoms with Gasteiger partial charge < -0.3 is 10.1 Å². The quantitative estimate of drug-likeness (QED) is 0.794. The largest absolute Gasteiger partial charge is 0.493 e. The van der Waals surface area contributed by atoms with Gasteiger partial charge >= 0.3 is 0 Å². The number of carbonyl (C=O) groups excluding carboxylic acids is 1. The highest BCUT2D eigenvalue weighted by molar-refractivity contribution is 6.11. The number of para-hydroxylation sites is 1. The van der Waals surface area contributed by atoms with Crippen LogP contribution in [0.4, 0.5) is 0 Å². The number of hydrogen-bond donors (Lipinski definition) is 1. The molecule has 0 amide bonds. The number of carbonyl (C=O) groups is 1. The van der Waals surface area contributed by atoms with Crippen LogP contribution in [0.25, 0.3) is 0 Å². The molecule has 0 aliphatic rings. The van der Waals surface area contributed by atoms with Crippen LogP contribution in [-0.4, -0.2) is 26.0 Å². The lowest BCUT2D eigenvalue weighted by molar-refractivity contribution is 0.103. The molecule has 0 heterocycles. The van der Waals surface area contributed by atoms with E-state index in [1.807, 2.05) is 62.5 Å². The molecule has 2 rings (SSSR count). The highest BCUT2D eigenvalue weighted by Crippen LogP contribution is 2.23. The third-order valence-corrected chi connectivity index (χ3v) is 3.34. The normalized spacial score (nSPS) is 10.4. The fraction of sp³-hybridized carbons (Fsp3) is 0.278. The molecule has 0 saturated heterocycles. The molecule has 2 aromatic rings. The summed E-state index contributed by atoms with van der Waals surface area (Å²) in [5.41, 5.74) is 2.43. The summed E-state index contributed by atoms with van der Waals surface area (Å²) in [5.74, 6) is 0.666. The first kappa shape index (κ1) is 15.3. The molecule has 0 fully saturated rings. The summed E-state index contributed by atoms with van der Waals surface area (Å²) in [6.45, 7) is 3.31. The lowest BCUT2D eigenvalue weighted by atomic mass is 9.96. The van der Waals surface area contributed by atoms with E-state index in [2.05, 4.69) is 5.32 Å². The van der Waals surface area contributed by atoms with Crippen molar-refractivity contribution in [2.75, 3.05) is 20.2 Å². The number of likely N-dealkylation sites (N-methyl/N-ethyl adjacent to an activating group) is 1. The Labute approximate surface area is 126 Å². The second-order valence-electron chi connectivity index (χ2n) is 4.77. The molecular formula is C18H21NO2. The molecule has 0 radical (unpaired) electrons. The first-order valence-corrected chi connectivity index (χ1v) is 7.27. The molecule has 21 heavy (non-hydrogen) atoms. The molecule has 0 saturated carbocycles. The van der Waals surface area contributed by atoms with E-state index in [1.165, 1.54) is 0 Å². The average Bonchev–Trinajstić information content (AvgIpc) is 2.53. The van der Waals surface area contributed by atoms with Crippen molar-refractivity contribution < 1.29 is 9.53 Å². The molecule has 0 aliphatic heterocycles. The van der Waals surface area contributed by atoms with E-state index in [9.17, 15) is 4.79 Å². The first-order valence-electron chi connectivity index (χ1n) is 7.27. The molecule has 0 atom stereocenters. The molecule has 2 aromatic carbocycles. The Balaban J connectivity index is 2.36. The van der Waals surface area contributed by atoms with Crippen molar-refractivity contribution in [3.05, 3.63) is 65.2 Å². The van der Waals surface area contributed by atoms with Gasteiger partial charge in [0.1, 0.15) is 5.75 Å². The van der Waals surface area contributed by atoms with E-state index in [0.29, 0.717) is 17.9 Å². The zero-order valence-corrected chi connectivity index (χ0v) is 12.6. The highest BCUT2D eigenvalue weighted by Gasteiger charge is 2.16. The summed E-state index contributed by atoms with van der Waals surface area (Å²) in [4.78, 5) is 12.8. The van der Waals surface area contributed by atoms with E-state index < -0.39 is 0 Å². The van der Waals surface area contributed by atoms with Crippen LogP contribution in [-0.2, 0) is 6.42 Å². The van der Waals surface area contributed by atoms with Gasteiger partial charge in [0.2, 0.25) is 0 Å². The van der Waals surface area contributed by atoms with E-state index in [0.717, 1.165) is 24.1 Å². The van der Waals surface area contributed by atoms with Crippen LogP contribution in [0.15, 0.2) is 48.5 Å². The van der Waals surface area contributed by atoms with Crippen LogP contribution >= 0.6 is 0 Å². The van der Waals surface area contributed by atoms with Gasteiger partial charge in [0.25, 0.3) is 0 Å². The monoisotopic (exact) mass is 283 g/mol. The zero-order chi connectivity index (χ0) is 15.1. The summed E-state index contributed by atoms with van der Waals surface area (Å²) < 4.78 is 5.57. The van der Waals surface area contributed by atoms with Crippen LogP contribution in [0.5, 0.6) is 5.75 Å². The van der Waals surface area contributed by atoms with Crippen molar-refractivity contribution >= 4 is 5.78 Å². The molecule has 0 unspecified atom stereocenters. The van der Waals surface area contributed by atoms with Gasteiger partial charge in [0, 0.05) is 5.56 Å². The highest BCUT2D eigenvalue weighted by atomic mass is 16.5. The standard InChI is InChI=1S/C18H21NO2/c1-3-21-17-11-7-6-10-16(17)18(20)15-9-5-4-8-14(15)12-13-19-2/h4-11,19H,3,12-13H2,1-2H3. The molecule has 0 spiro atoms. The maximum atomic E-state index is 12.8. The summed E-state index contributed by atoms with van der Waals surface area (Å²) in [6, 6.07) is 15.2. The Morgan fingerprint density at radius 1 is 1.05 bits per heavy atom. The van der Waals surface area contributed by atoms with Crippen LogP contribution in [0.2, 0.25) is 0 Å². The predicted octanol–water partition coefficient (Wildman–Crippen LogP) is 3.08. The maximum Gasteiger partial charge on any atom is 0.197 e. The Morgan fingerprint density at radius 2 is 1.71 bits per heavy atom. The van der Waals surface area contributed by atoms with Gasteiger partial charge in [-0.05, 0) is 44.6 Å². The molecule has 3 nitrogen and oxygen atoms in total. The summed E-state index contributed by atoms with van der Waals surface area (Å²) >= 11 is 0. The predicted molar refractivity (Wildman–Crippen MR) is 85.1 cm³/mol. The Kier molecular flexibility index (Phi) is 5.52. The van der Waals surface area contributed by atoms with Crippen molar-refractivity contribution in [3.63, 3.8) is 0 Å². The van der Waals surface area contributed by atoms with E-state index in [4.69, 9.17) is 4.74 Å². The zero-order valence-electron chi connectivity index (χ0n) is 12.6. The number of rotatable bonds is 7. The fourth-order valence-electron chi connectivity index (χ4n) is 2.30. The molecule has 0 bridgehead atoms. The number of nitrogens with one attached hydrogen (secondary N) is 1. The van der Waals surface area contributed by atoms with Crippen LogP contribution in [0, 0.1) is 0 Å². The fourth-order valence-corrected chi connectivity index (χ4v) is 2.30. The van der Waals surface area contributed by atoms with Crippen molar-refractivity contribution in [2.24, 2.45) is 0 Å². The van der Waals surface area contributed by atoms with Crippen LogP contribution in [0.3, 0.4) is 0 Å². The lowest BCUT2D eigenvalue weighted by Gasteiger charge is -2.12. The topological polar surface area (TPSA) is 38.3 Å². The number of benzene rings is 2. The van der Waals surface area contributed by atoms with Crippen molar-refractivity contribution in [1.82, 2.24) is 5.32 Å². The van der Waals surface area contributed by atoms with E-state index >= 15 is 0 Å². The second kappa shape index (κ2) is 7.60. The Bertz CT molecular complexity index is 608. The minimum atomic E-state index is 0.0192. The number of hydrogen-bond acceptors (Lipinski definition) is 3. The summed E-state index contributed by atoms with van der Waals surface area (Å²) in [6.07, 6.45) is 0.829. The molecule has 0 aromatic heterocycles. The first-order chi connectivity index (χ1) is 10.3. The SMILES string of the molecule is CCOc1ccccc1C(=O)c1ccccc1CCNC. The van der Waals surface area contributed by atoms with Gasteiger partial charge in [-0.25, -0.2) is 0 Å². The average molecular weight is 283 g/mol. The Morgan fingerprint density at radius 3 is 2.43 bits per heavy atom. The molecular weight excluding hydrogens is 262 g/mol. The van der Waals surface area contributed by atoms with Crippen molar-refractivity contribution in [3.8, 4) is 5.75 Å². The second-order valence-corrected chi connectivity index (χ2v) is 4.77. The van der Waals surface area contributed by atoms with Gasteiger partial charge in [-0.3, -0.25) is 4.79 Å². The van der Waals surface area contributed by atoms with Gasteiger partial charge in [-0.2, -0.15) is 0 Å². The van der Waals surface area contributed by atoms with Crippen LogP contribution in [0.1, 0.15) is 28.4 Å². The van der Waals surface area contributed by atoms with Crippen molar-refractivity contribution in [2.45, 2.75) is 13.3 Å². The molecule has 110 valence electrons. The van der Waals surface area contributed by atoms with Gasteiger partial charge in [0.05, 0.1) is 12.2 Å². The van der Waals surface area contributed by atoms with Gasteiger partial charge in [0.15, 0.2) is 5.78 Å². The molecule has 3 heteroatoms. The third kappa shape index (κ3) is 3.70. The smallest absolute Gasteiger partial charge is 0.197 e. The lowest BCUT2D eigenvalue weighted by Crippen LogP contribution is -2.14. The Hall–Kier alpha value is -2.13. The minimum Gasteiger partial charge on any atom is -0.493 e. The van der Waals surface area contributed by atoms with E-state index in [-0.39, 0.29) is 5.78 Å². The molecule has 0 aliphatic carbocycles. The van der Waals surface area contributed by atoms with Gasteiger partial charge in [-0.15, -0.1) is 0 Å². The number of ketones is 1. The minimum absolute atomic E-state index is 0.0192. The van der Waals surface area contributed by atoms with E-state index in [1.54, 1.807) is 0 Å². The number of ether oxygens (including phenoxy) is 1. The maximum absolute atomic E-state index is 12.8. The molecule has 1 N–H and O–H groups in total. The van der Waals surface area contributed by atoms with Crippen LogP contribution < -0.4 is 10.1 Å².